The molecule has 2 aromatic heterocycles. The number of furan rings is 1. The van der Waals surface area contributed by atoms with Crippen molar-refractivity contribution >= 4 is 38.5 Å². The fraction of sp³-hybridized carbons (Fsp3) is 0.133. The SMILES string of the molecule is Clc1cnccc1CC(Br)c1cc2ccccc2o1. The van der Waals surface area contributed by atoms with E-state index in [1.165, 1.54) is 0 Å². The second-order valence-corrected chi connectivity index (χ2v) is 5.84. The van der Waals surface area contributed by atoms with E-state index in [1.54, 1.807) is 12.4 Å². The van der Waals surface area contributed by atoms with Crippen LogP contribution in [0.5, 0.6) is 0 Å². The van der Waals surface area contributed by atoms with Gasteiger partial charge < -0.3 is 4.42 Å². The Kier molecular flexibility index (Phi) is 3.58. The zero-order valence-electron chi connectivity index (χ0n) is 10.0. The van der Waals surface area contributed by atoms with Crippen LogP contribution in [-0.4, -0.2) is 4.98 Å². The third-order valence-electron chi connectivity index (χ3n) is 3.01. The van der Waals surface area contributed by atoms with Gasteiger partial charge in [0.05, 0.1) is 9.85 Å². The first-order chi connectivity index (χ1) is 9.24. The van der Waals surface area contributed by atoms with Crippen LogP contribution >= 0.6 is 27.5 Å². The summed E-state index contributed by atoms with van der Waals surface area (Å²) in [6.45, 7) is 0. The minimum atomic E-state index is 0.0970. The minimum absolute atomic E-state index is 0.0970. The molecule has 1 atom stereocenters. The molecular weight excluding hydrogens is 326 g/mol. The van der Waals surface area contributed by atoms with Crippen molar-refractivity contribution in [3.63, 3.8) is 0 Å². The summed E-state index contributed by atoms with van der Waals surface area (Å²) in [7, 11) is 0. The van der Waals surface area contributed by atoms with E-state index in [0.717, 1.165) is 28.7 Å². The zero-order valence-corrected chi connectivity index (χ0v) is 12.4. The van der Waals surface area contributed by atoms with Crippen LogP contribution in [0.2, 0.25) is 5.02 Å². The maximum atomic E-state index is 6.12. The number of alkyl halides is 1. The molecule has 0 aliphatic carbocycles. The molecule has 0 N–H and O–H groups in total. The lowest BCUT2D eigenvalue weighted by Crippen LogP contribution is -1.95. The van der Waals surface area contributed by atoms with E-state index in [0.29, 0.717) is 5.02 Å². The van der Waals surface area contributed by atoms with Crippen molar-refractivity contribution in [3.05, 3.63) is 65.1 Å². The molecular formula is C15H11BrClNO. The van der Waals surface area contributed by atoms with E-state index < -0.39 is 0 Å². The van der Waals surface area contributed by atoms with Gasteiger partial charge in [0.15, 0.2) is 0 Å². The first kappa shape index (κ1) is 12.7. The summed E-state index contributed by atoms with van der Waals surface area (Å²) in [5.41, 5.74) is 1.96. The first-order valence-electron chi connectivity index (χ1n) is 5.95. The highest BCUT2D eigenvalue weighted by atomic mass is 79.9. The molecule has 0 fully saturated rings. The topological polar surface area (TPSA) is 26.0 Å². The normalized spacial score (nSPS) is 12.7. The number of halogens is 2. The number of para-hydroxylation sites is 1. The molecule has 4 heteroatoms. The summed E-state index contributed by atoms with van der Waals surface area (Å²) in [5.74, 6) is 0.911. The highest BCUT2D eigenvalue weighted by Gasteiger charge is 2.15. The fourth-order valence-corrected chi connectivity index (χ4v) is 2.79. The Hall–Kier alpha value is -1.32. The van der Waals surface area contributed by atoms with Crippen molar-refractivity contribution in [2.75, 3.05) is 0 Å². The minimum Gasteiger partial charge on any atom is -0.460 e. The lowest BCUT2D eigenvalue weighted by Gasteiger charge is -2.07. The Balaban J connectivity index is 1.87. The molecule has 0 amide bonds. The van der Waals surface area contributed by atoms with Crippen molar-refractivity contribution in [1.82, 2.24) is 4.98 Å². The number of nitrogens with zero attached hydrogens (tertiary/aromatic N) is 1. The van der Waals surface area contributed by atoms with Crippen molar-refractivity contribution < 1.29 is 4.42 Å². The van der Waals surface area contributed by atoms with Crippen LogP contribution in [0.4, 0.5) is 0 Å². The molecule has 3 aromatic rings. The summed E-state index contributed by atoms with van der Waals surface area (Å²) < 4.78 is 5.84. The number of rotatable bonds is 3. The molecule has 0 aliphatic rings. The molecule has 0 saturated heterocycles. The molecule has 2 nitrogen and oxygen atoms in total. The van der Waals surface area contributed by atoms with Gasteiger partial charge in [0.2, 0.25) is 0 Å². The van der Waals surface area contributed by atoms with Gasteiger partial charge in [0.25, 0.3) is 0 Å². The van der Waals surface area contributed by atoms with Gasteiger partial charge in [-0.1, -0.05) is 45.7 Å². The summed E-state index contributed by atoms with van der Waals surface area (Å²) in [5, 5.41) is 1.80. The van der Waals surface area contributed by atoms with Crippen molar-refractivity contribution in [2.24, 2.45) is 0 Å². The third kappa shape index (κ3) is 2.67. The number of aromatic nitrogens is 1. The maximum absolute atomic E-state index is 6.12. The molecule has 1 unspecified atom stereocenters. The Morgan fingerprint density at radius 3 is 2.89 bits per heavy atom. The average molecular weight is 337 g/mol. The van der Waals surface area contributed by atoms with Gasteiger partial charge in [0.1, 0.15) is 11.3 Å². The number of pyridine rings is 1. The molecule has 0 bridgehead atoms. The predicted molar refractivity (Wildman–Crippen MR) is 80.8 cm³/mol. The molecule has 96 valence electrons. The quantitative estimate of drug-likeness (QED) is 0.617. The van der Waals surface area contributed by atoms with Crippen LogP contribution in [0, 0.1) is 0 Å². The molecule has 0 saturated carbocycles. The van der Waals surface area contributed by atoms with E-state index in [2.05, 4.69) is 27.0 Å². The van der Waals surface area contributed by atoms with Gasteiger partial charge >= 0.3 is 0 Å². The Morgan fingerprint density at radius 1 is 1.26 bits per heavy atom. The average Bonchev–Trinajstić information content (AvgIpc) is 2.85. The first-order valence-corrected chi connectivity index (χ1v) is 7.24. The van der Waals surface area contributed by atoms with Crippen LogP contribution in [0.25, 0.3) is 11.0 Å². The largest absolute Gasteiger partial charge is 0.460 e. The summed E-state index contributed by atoms with van der Waals surface area (Å²) >= 11 is 9.78. The van der Waals surface area contributed by atoms with Crippen molar-refractivity contribution in [2.45, 2.75) is 11.2 Å². The molecule has 0 spiro atoms. The van der Waals surface area contributed by atoms with Crippen LogP contribution in [0.1, 0.15) is 16.2 Å². The smallest absolute Gasteiger partial charge is 0.134 e. The zero-order chi connectivity index (χ0) is 13.2. The predicted octanol–water partition coefficient (Wildman–Crippen LogP) is 5.16. The Labute approximate surface area is 124 Å². The highest BCUT2D eigenvalue weighted by Crippen LogP contribution is 2.33. The lowest BCUT2D eigenvalue weighted by molar-refractivity contribution is 0.545. The number of hydrogen-bond acceptors (Lipinski definition) is 2. The maximum Gasteiger partial charge on any atom is 0.134 e. The molecule has 19 heavy (non-hydrogen) atoms. The van der Waals surface area contributed by atoms with Gasteiger partial charge in [-0.25, -0.2) is 0 Å². The number of benzene rings is 1. The van der Waals surface area contributed by atoms with E-state index in [-0.39, 0.29) is 4.83 Å². The molecule has 1 aromatic carbocycles. The van der Waals surface area contributed by atoms with E-state index in [9.17, 15) is 0 Å². The summed E-state index contributed by atoms with van der Waals surface area (Å²) in [6, 6.07) is 12.0. The summed E-state index contributed by atoms with van der Waals surface area (Å²) in [6.07, 6.45) is 4.18. The fourth-order valence-electron chi connectivity index (χ4n) is 2.02. The highest BCUT2D eigenvalue weighted by molar-refractivity contribution is 9.09. The van der Waals surface area contributed by atoms with Crippen LogP contribution in [0.3, 0.4) is 0 Å². The van der Waals surface area contributed by atoms with Gasteiger partial charge in [-0.2, -0.15) is 0 Å². The van der Waals surface area contributed by atoms with Gasteiger partial charge in [-0.05, 0) is 30.2 Å². The third-order valence-corrected chi connectivity index (χ3v) is 4.12. The van der Waals surface area contributed by atoms with E-state index in [1.807, 2.05) is 30.3 Å². The Bertz CT molecular complexity index is 677. The standard InChI is InChI=1S/C15H11BrClNO/c16-12(7-10-5-6-18-9-13(10)17)15-8-11-3-1-2-4-14(11)19-15/h1-6,8-9,12H,7H2. The number of fused-ring (bicyclic) bond motifs is 1. The molecule has 0 radical (unpaired) electrons. The lowest BCUT2D eigenvalue weighted by atomic mass is 10.1. The van der Waals surface area contributed by atoms with Gasteiger partial charge in [-0.3, -0.25) is 4.98 Å². The van der Waals surface area contributed by atoms with Gasteiger partial charge in [0, 0.05) is 17.8 Å². The van der Waals surface area contributed by atoms with E-state index >= 15 is 0 Å². The molecule has 2 heterocycles. The van der Waals surface area contributed by atoms with Crippen molar-refractivity contribution in [3.8, 4) is 0 Å². The van der Waals surface area contributed by atoms with Crippen LogP contribution < -0.4 is 0 Å². The monoisotopic (exact) mass is 335 g/mol. The second-order valence-electron chi connectivity index (χ2n) is 4.33. The van der Waals surface area contributed by atoms with Gasteiger partial charge in [-0.15, -0.1) is 0 Å². The second kappa shape index (κ2) is 5.35. The van der Waals surface area contributed by atoms with E-state index in [4.69, 9.17) is 16.0 Å². The molecule has 3 rings (SSSR count). The summed E-state index contributed by atoms with van der Waals surface area (Å²) in [4.78, 5) is 4.09. The van der Waals surface area contributed by atoms with Crippen LogP contribution in [0.15, 0.2) is 53.2 Å². The Morgan fingerprint density at radius 2 is 2.11 bits per heavy atom. The molecule has 0 aliphatic heterocycles. The van der Waals surface area contributed by atoms with Crippen LogP contribution in [-0.2, 0) is 6.42 Å². The number of hydrogen-bond donors (Lipinski definition) is 0. The van der Waals surface area contributed by atoms with Crippen molar-refractivity contribution in [1.29, 1.82) is 0 Å².